The lowest BCUT2D eigenvalue weighted by Crippen LogP contribution is -2.45. The van der Waals surface area contributed by atoms with E-state index in [1.807, 2.05) is 52.0 Å². The number of carbonyl (C=O) groups is 1. The van der Waals surface area contributed by atoms with Crippen LogP contribution in [0.5, 0.6) is 11.5 Å². The SMILES string of the molecule is O=C(NN1CCCCC1)c1ccc2c(c1)cc(COc1ccccc1)n2Cc1ccccc1OC(F)(F)F. The number of rotatable bonds is 8. The standard InChI is InChI=1S/C29H28F3N3O3/c30-29(31,32)38-27-12-6-5-9-22(27)19-35-24(20-37-25-10-3-1-4-11-25)18-23-17-21(13-14-26(23)35)28(36)33-34-15-7-2-8-16-34/h1,3-6,9-14,17-18H,2,7-8,15-16,19-20H2,(H,33,36). The van der Waals surface area contributed by atoms with Crippen molar-refractivity contribution in [3.05, 3.63) is 95.7 Å². The summed E-state index contributed by atoms with van der Waals surface area (Å²) in [6, 6.07) is 22.6. The molecule has 2 heterocycles. The monoisotopic (exact) mass is 523 g/mol. The molecule has 9 heteroatoms. The van der Waals surface area contributed by atoms with Crippen LogP contribution >= 0.6 is 0 Å². The Morgan fingerprint density at radius 3 is 2.39 bits per heavy atom. The van der Waals surface area contributed by atoms with Crippen LogP contribution in [0.1, 0.15) is 40.9 Å². The lowest BCUT2D eigenvalue weighted by atomic mass is 10.1. The highest BCUT2D eigenvalue weighted by Crippen LogP contribution is 2.30. The first-order valence-electron chi connectivity index (χ1n) is 12.6. The molecular formula is C29H28F3N3O3. The van der Waals surface area contributed by atoms with Crippen LogP contribution in [0.2, 0.25) is 0 Å². The Hall–Kier alpha value is -3.98. The number of ether oxygens (including phenoxy) is 2. The minimum Gasteiger partial charge on any atom is -0.487 e. The number of aromatic nitrogens is 1. The number of alkyl halides is 3. The second-order valence-corrected chi connectivity index (χ2v) is 9.24. The third kappa shape index (κ3) is 6.28. The molecule has 6 nitrogen and oxygen atoms in total. The zero-order valence-corrected chi connectivity index (χ0v) is 20.7. The van der Waals surface area contributed by atoms with E-state index in [9.17, 15) is 18.0 Å². The Labute approximate surface area is 218 Å². The van der Waals surface area contributed by atoms with Crippen molar-refractivity contribution in [3.8, 4) is 11.5 Å². The second-order valence-electron chi connectivity index (χ2n) is 9.24. The number of piperidine rings is 1. The largest absolute Gasteiger partial charge is 0.573 e. The fourth-order valence-electron chi connectivity index (χ4n) is 4.69. The highest BCUT2D eigenvalue weighted by atomic mass is 19.4. The normalized spacial score (nSPS) is 14.4. The number of amides is 1. The van der Waals surface area contributed by atoms with Gasteiger partial charge in [0.1, 0.15) is 18.1 Å². The molecule has 0 unspecified atom stereocenters. The fraction of sp³-hybridized carbons (Fsp3) is 0.276. The summed E-state index contributed by atoms with van der Waals surface area (Å²) >= 11 is 0. The van der Waals surface area contributed by atoms with E-state index in [4.69, 9.17) is 4.74 Å². The van der Waals surface area contributed by atoms with Crippen LogP contribution < -0.4 is 14.9 Å². The molecule has 0 spiro atoms. The lowest BCUT2D eigenvalue weighted by molar-refractivity contribution is -0.274. The minimum absolute atomic E-state index is 0.128. The first-order chi connectivity index (χ1) is 18.4. The van der Waals surface area contributed by atoms with Crippen LogP contribution in [0.15, 0.2) is 78.9 Å². The number of hydrogen-bond acceptors (Lipinski definition) is 4. The van der Waals surface area contributed by atoms with Gasteiger partial charge in [0.05, 0.1) is 12.2 Å². The molecule has 0 bridgehead atoms. The summed E-state index contributed by atoms with van der Waals surface area (Å²) in [6.07, 6.45) is -1.54. The van der Waals surface area contributed by atoms with Crippen LogP contribution in [-0.2, 0) is 13.2 Å². The fourth-order valence-corrected chi connectivity index (χ4v) is 4.69. The highest BCUT2D eigenvalue weighted by molar-refractivity contribution is 5.98. The third-order valence-corrected chi connectivity index (χ3v) is 6.52. The molecule has 3 aromatic carbocycles. The van der Waals surface area contributed by atoms with Crippen molar-refractivity contribution in [2.24, 2.45) is 0 Å². The molecule has 1 aromatic heterocycles. The Morgan fingerprint density at radius 1 is 0.895 bits per heavy atom. The number of para-hydroxylation sites is 2. The number of nitrogens with one attached hydrogen (secondary N) is 1. The van der Waals surface area contributed by atoms with Gasteiger partial charge in [0, 0.05) is 35.1 Å². The van der Waals surface area contributed by atoms with Gasteiger partial charge >= 0.3 is 6.36 Å². The van der Waals surface area contributed by atoms with Crippen molar-refractivity contribution in [3.63, 3.8) is 0 Å². The van der Waals surface area contributed by atoms with Crippen molar-refractivity contribution < 1.29 is 27.4 Å². The molecule has 0 radical (unpaired) electrons. The Balaban J connectivity index is 1.47. The number of fused-ring (bicyclic) bond motifs is 1. The average Bonchev–Trinajstić information content (AvgIpc) is 3.25. The molecule has 1 fully saturated rings. The quantitative estimate of drug-likeness (QED) is 0.295. The third-order valence-electron chi connectivity index (χ3n) is 6.52. The summed E-state index contributed by atoms with van der Waals surface area (Å²) in [4.78, 5) is 12.9. The highest BCUT2D eigenvalue weighted by Gasteiger charge is 2.32. The second kappa shape index (κ2) is 11.2. The van der Waals surface area contributed by atoms with Crippen LogP contribution in [-0.4, -0.2) is 34.9 Å². The first-order valence-corrected chi connectivity index (χ1v) is 12.6. The summed E-state index contributed by atoms with van der Waals surface area (Å²) in [5, 5.41) is 2.73. The zero-order chi connectivity index (χ0) is 26.5. The summed E-state index contributed by atoms with van der Waals surface area (Å²) in [5.74, 6) is 0.230. The minimum atomic E-state index is -4.80. The molecule has 38 heavy (non-hydrogen) atoms. The van der Waals surface area contributed by atoms with Crippen LogP contribution in [0.25, 0.3) is 10.9 Å². The number of hydrazine groups is 1. The van der Waals surface area contributed by atoms with Crippen molar-refractivity contribution in [1.29, 1.82) is 0 Å². The smallest absolute Gasteiger partial charge is 0.487 e. The lowest BCUT2D eigenvalue weighted by Gasteiger charge is -2.26. The van der Waals surface area contributed by atoms with Crippen LogP contribution in [0.4, 0.5) is 13.2 Å². The Kier molecular flexibility index (Phi) is 7.55. The summed E-state index contributed by atoms with van der Waals surface area (Å²) < 4.78 is 51.3. The summed E-state index contributed by atoms with van der Waals surface area (Å²) in [5.41, 5.74) is 5.38. The van der Waals surface area contributed by atoms with Crippen LogP contribution in [0.3, 0.4) is 0 Å². The van der Waals surface area contributed by atoms with E-state index in [1.54, 1.807) is 24.3 Å². The van der Waals surface area contributed by atoms with Gasteiger partial charge in [0.2, 0.25) is 0 Å². The van der Waals surface area contributed by atoms with Gasteiger partial charge in [-0.15, -0.1) is 13.2 Å². The van der Waals surface area contributed by atoms with Crippen molar-refractivity contribution in [1.82, 2.24) is 15.0 Å². The van der Waals surface area contributed by atoms with E-state index < -0.39 is 6.36 Å². The van der Waals surface area contributed by atoms with E-state index in [1.165, 1.54) is 12.1 Å². The van der Waals surface area contributed by atoms with Gasteiger partial charge in [0.15, 0.2) is 0 Å². The van der Waals surface area contributed by atoms with E-state index in [0.29, 0.717) is 16.9 Å². The van der Waals surface area contributed by atoms with Gasteiger partial charge in [-0.25, -0.2) is 5.01 Å². The molecule has 1 amide bonds. The van der Waals surface area contributed by atoms with E-state index in [-0.39, 0.29) is 24.8 Å². The van der Waals surface area contributed by atoms with E-state index in [0.717, 1.165) is 48.9 Å². The molecule has 0 aliphatic carbocycles. The molecular weight excluding hydrogens is 495 g/mol. The predicted octanol–water partition coefficient (Wildman–Crippen LogP) is 6.30. The summed E-state index contributed by atoms with van der Waals surface area (Å²) in [6.45, 7) is 1.97. The van der Waals surface area contributed by atoms with E-state index in [2.05, 4.69) is 10.2 Å². The number of hydrogen-bond donors (Lipinski definition) is 1. The van der Waals surface area contributed by atoms with Crippen molar-refractivity contribution in [2.45, 2.75) is 38.8 Å². The Morgan fingerprint density at radius 2 is 1.63 bits per heavy atom. The van der Waals surface area contributed by atoms with Gasteiger partial charge in [-0.2, -0.15) is 0 Å². The number of carbonyl (C=O) groups excluding carboxylic acids is 1. The molecule has 198 valence electrons. The molecule has 1 N–H and O–H groups in total. The maximum Gasteiger partial charge on any atom is 0.573 e. The van der Waals surface area contributed by atoms with Gasteiger partial charge in [-0.1, -0.05) is 42.8 Å². The van der Waals surface area contributed by atoms with Crippen molar-refractivity contribution >= 4 is 16.8 Å². The summed E-state index contributed by atoms with van der Waals surface area (Å²) in [7, 11) is 0. The predicted molar refractivity (Wildman–Crippen MR) is 138 cm³/mol. The van der Waals surface area contributed by atoms with Crippen molar-refractivity contribution in [2.75, 3.05) is 13.1 Å². The molecule has 4 aromatic rings. The molecule has 1 aliphatic heterocycles. The first kappa shape index (κ1) is 25.7. The maximum absolute atomic E-state index is 13.0. The molecule has 5 rings (SSSR count). The number of halogens is 3. The van der Waals surface area contributed by atoms with Crippen LogP contribution in [0, 0.1) is 0 Å². The molecule has 1 saturated heterocycles. The number of benzene rings is 3. The topological polar surface area (TPSA) is 55.7 Å². The number of nitrogens with zero attached hydrogens (tertiary/aromatic N) is 2. The van der Waals surface area contributed by atoms with E-state index >= 15 is 0 Å². The average molecular weight is 524 g/mol. The van der Waals surface area contributed by atoms with Gasteiger partial charge in [0.25, 0.3) is 5.91 Å². The van der Waals surface area contributed by atoms with Gasteiger partial charge < -0.3 is 14.0 Å². The Bertz CT molecular complexity index is 1400. The zero-order valence-electron chi connectivity index (χ0n) is 20.7. The van der Waals surface area contributed by atoms with Gasteiger partial charge in [-0.3, -0.25) is 10.2 Å². The maximum atomic E-state index is 13.0. The molecule has 0 atom stereocenters. The molecule has 1 aliphatic rings. The molecule has 0 saturated carbocycles. The van der Waals surface area contributed by atoms with Gasteiger partial charge in [-0.05, 0) is 55.3 Å².